The number of hydrogen-bond acceptors (Lipinski definition) is 3. The van der Waals surface area contributed by atoms with Crippen molar-refractivity contribution in [2.45, 2.75) is 31.8 Å². The zero-order chi connectivity index (χ0) is 14.7. The molecule has 3 rings (SSSR count). The average Bonchev–Trinajstić information content (AvgIpc) is 3.35. The topological polar surface area (TPSA) is 39.1 Å². The Balaban J connectivity index is 1.85. The molecule has 108 valence electrons. The molecule has 0 aromatic heterocycles. The second-order valence-corrected chi connectivity index (χ2v) is 5.66. The van der Waals surface area contributed by atoms with Gasteiger partial charge in [0.15, 0.2) is 0 Å². The summed E-state index contributed by atoms with van der Waals surface area (Å²) < 4.78 is 0. The molecule has 2 aromatic carbocycles. The maximum absolute atomic E-state index is 9.37. The lowest BCUT2D eigenvalue weighted by atomic mass is 10.1. The molecule has 3 heteroatoms. The quantitative estimate of drug-likeness (QED) is 0.881. The summed E-state index contributed by atoms with van der Waals surface area (Å²) in [5.41, 5.74) is 1.22. The van der Waals surface area contributed by atoms with Gasteiger partial charge >= 0.3 is 0 Å². The number of fused-ring (bicyclic) bond motifs is 1. The van der Waals surface area contributed by atoms with Crippen molar-refractivity contribution in [2.24, 2.45) is 0 Å². The molecule has 1 N–H and O–H groups in total. The molecule has 0 spiro atoms. The van der Waals surface area contributed by atoms with E-state index < -0.39 is 0 Å². The van der Waals surface area contributed by atoms with Crippen molar-refractivity contribution >= 4 is 16.5 Å². The normalized spacial score (nSPS) is 15.6. The Hall–Kier alpha value is -2.05. The predicted octanol–water partition coefficient (Wildman–Crippen LogP) is 3.31. The van der Waals surface area contributed by atoms with Crippen molar-refractivity contribution < 1.29 is 0 Å². The summed E-state index contributed by atoms with van der Waals surface area (Å²) in [5, 5.41) is 15.3. The molecule has 0 aliphatic heterocycles. The van der Waals surface area contributed by atoms with E-state index >= 15 is 0 Å². The van der Waals surface area contributed by atoms with Gasteiger partial charge in [-0.15, -0.1) is 0 Å². The highest BCUT2D eigenvalue weighted by Crippen LogP contribution is 2.27. The van der Waals surface area contributed by atoms with Crippen LogP contribution in [0.4, 0.5) is 5.69 Å². The summed E-state index contributed by atoms with van der Waals surface area (Å²) in [5.74, 6) is 0. The minimum atomic E-state index is -0.101. The highest BCUT2D eigenvalue weighted by Gasteiger charge is 2.25. The zero-order valence-electron chi connectivity index (χ0n) is 12.4. The van der Waals surface area contributed by atoms with Crippen LogP contribution >= 0.6 is 0 Å². The Morgan fingerprint density at radius 3 is 2.71 bits per heavy atom. The molecule has 3 nitrogen and oxygen atoms in total. The van der Waals surface area contributed by atoms with Gasteiger partial charge in [-0.25, -0.2) is 0 Å². The lowest BCUT2D eigenvalue weighted by Gasteiger charge is -2.27. The largest absolute Gasteiger partial charge is 0.369 e. The highest BCUT2D eigenvalue weighted by molar-refractivity contribution is 5.94. The summed E-state index contributed by atoms with van der Waals surface area (Å²) >= 11 is 0. The van der Waals surface area contributed by atoms with Crippen molar-refractivity contribution in [3.05, 3.63) is 42.5 Å². The first kappa shape index (κ1) is 13.9. The van der Waals surface area contributed by atoms with Gasteiger partial charge in [-0.05, 0) is 31.2 Å². The SMILES string of the molecule is CCN(CC(C#N)NC1CC1)c1cccc2ccccc12. The van der Waals surface area contributed by atoms with Gasteiger partial charge in [-0.1, -0.05) is 36.4 Å². The molecule has 0 amide bonds. The number of hydrogen-bond donors (Lipinski definition) is 1. The van der Waals surface area contributed by atoms with E-state index in [0.717, 1.165) is 13.1 Å². The lowest BCUT2D eigenvalue weighted by Crippen LogP contribution is -2.41. The van der Waals surface area contributed by atoms with E-state index in [2.05, 4.69) is 65.7 Å². The summed E-state index contributed by atoms with van der Waals surface area (Å²) in [6, 6.07) is 17.7. The third kappa shape index (κ3) is 3.17. The third-order valence-corrected chi connectivity index (χ3v) is 4.06. The first-order chi connectivity index (χ1) is 10.3. The van der Waals surface area contributed by atoms with Gasteiger partial charge in [-0.3, -0.25) is 5.32 Å². The summed E-state index contributed by atoms with van der Waals surface area (Å²) in [4.78, 5) is 2.30. The molecule has 21 heavy (non-hydrogen) atoms. The van der Waals surface area contributed by atoms with E-state index in [9.17, 15) is 5.26 Å². The molecule has 1 saturated carbocycles. The van der Waals surface area contributed by atoms with Crippen LogP contribution in [0.25, 0.3) is 10.8 Å². The first-order valence-corrected chi connectivity index (χ1v) is 7.70. The molecule has 1 fully saturated rings. The predicted molar refractivity (Wildman–Crippen MR) is 87.4 cm³/mol. The van der Waals surface area contributed by atoms with E-state index in [-0.39, 0.29) is 6.04 Å². The molecule has 0 heterocycles. The zero-order valence-corrected chi connectivity index (χ0v) is 12.4. The molecule has 2 aromatic rings. The average molecular weight is 279 g/mol. The van der Waals surface area contributed by atoms with Crippen LogP contribution in [0.5, 0.6) is 0 Å². The third-order valence-electron chi connectivity index (χ3n) is 4.06. The molecular weight excluding hydrogens is 258 g/mol. The minimum absolute atomic E-state index is 0.101. The first-order valence-electron chi connectivity index (χ1n) is 7.70. The van der Waals surface area contributed by atoms with Crippen LogP contribution in [0.2, 0.25) is 0 Å². The lowest BCUT2D eigenvalue weighted by molar-refractivity contribution is 0.584. The van der Waals surface area contributed by atoms with E-state index in [1.165, 1.54) is 29.3 Å². The fourth-order valence-corrected chi connectivity index (χ4v) is 2.77. The second kappa shape index (κ2) is 6.15. The Kier molecular flexibility index (Phi) is 4.08. The Labute approximate surface area is 126 Å². The maximum atomic E-state index is 9.37. The van der Waals surface area contributed by atoms with Gasteiger partial charge in [0.05, 0.1) is 6.07 Å². The van der Waals surface area contributed by atoms with Gasteiger partial charge in [0.1, 0.15) is 6.04 Å². The van der Waals surface area contributed by atoms with Crippen LogP contribution in [0, 0.1) is 11.3 Å². The molecule has 1 aliphatic carbocycles. The number of rotatable bonds is 6. The number of nitrogens with zero attached hydrogens (tertiary/aromatic N) is 2. The van der Waals surface area contributed by atoms with Crippen LogP contribution in [-0.4, -0.2) is 25.2 Å². The second-order valence-electron chi connectivity index (χ2n) is 5.66. The van der Waals surface area contributed by atoms with Gasteiger partial charge in [-0.2, -0.15) is 5.26 Å². The Morgan fingerprint density at radius 1 is 1.24 bits per heavy atom. The molecule has 1 atom stereocenters. The van der Waals surface area contributed by atoms with E-state index in [1.54, 1.807) is 0 Å². The summed E-state index contributed by atoms with van der Waals surface area (Å²) in [6.07, 6.45) is 2.41. The molecule has 0 saturated heterocycles. The van der Waals surface area contributed by atoms with Gasteiger partial charge < -0.3 is 4.90 Å². The Morgan fingerprint density at radius 2 is 2.00 bits per heavy atom. The van der Waals surface area contributed by atoms with E-state index in [4.69, 9.17) is 0 Å². The standard InChI is InChI=1S/C18H21N3/c1-2-21(13-16(12-19)20-15-10-11-15)18-9-5-7-14-6-3-4-8-17(14)18/h3-9,15-16,20H,2,10-11,13H2,1H3. The summed E-state index contributed by atoms with van der Waals surface area (Å²) in [6.45, 7) is 3.78. The van der Waals surface area contributed by atoms with Crippen LogP contribution < -0.4 is 10.2 Å². The molecule has 1 unspecified atom stereocenters. The number of nitriles is 1. The highest BCUT2D eigenvalue weighted by atomic mass is 15.2. The van der Waals surface area contributed by atoms with Crippen molar-refractivity contribution in [3.8, 4) is 6.07 Å². The van der Waals surface area contributed by atoms with E-state index in [1.807, 2.05) is 0 Å². The van der Waals surface area contributed by atoms with Gasteiger partial charge in [0.25, 0.3) is 0 Å². The van der Waals surface area contributed by atoms with Crippen molar-refractivity contribution in [1.29, 1.82) is 5.26 Å². The van der Waals surface area contributed by atoms with Crippen LogP contribution in [0.1, 0.15) is 19.8 Å². The fourth-order valence-electron chi connectivity index (χ4n) is 2.77. The monoisotopic (exact) mass is 279 g/mol. The minimum Gasteiger partial charge on any atom is -0.369 e. The van der Waals surface area contributed by atoms with E-state index in [0.29, 0.717) is 6.04 Å². The molecular formula is C18H21N3. The number of anilines is 1. The summed E-state index contributed by atoms with van der Waals surface area (Å²) in [7, 11) is 0. The molecule has 0 bridgehead atoms. The van der Waals surface area contributed by atoms with Crippen LogP contribution in [-0.2, 0) is 0 Å². The van der Waals surface area contributed by atoms with Crippen molar-refractivity contribution in [3.63, 3.8) is 0 Å². The maximum Gasteiger partial charge on any atom is 0.113 e. The van der Waals surface area contributed by atoms with Crippen molar-refractivity contribution in [1.82, 2.24) is 5.32 Å². The smallest absolute Gasteiger partial charge is 0.113 e. The van der Waals surface area contributed by atoms with Crippen LogP contribution in [0.15, 0.2) is 42.5 Å². The number of benzene rings is 2. The van der Waals surface area contributed by atoms with Crippen LogP contribution in [0.3, 0.4) is 0 Å². The van der Waals surface area contributed by atoms with Gasteiger partial charge in [0, 0.05) is 30.2 Å². The number of nitrogens with one attached hydrogen (secondary N) is 1. The van der Waals surface area contributed by atoms with Crippen molar-refractivity contribution in [2.75, 3.05) is 18.0 Å². The molecule has 1 aliphatic rings. The number of likely N-dealkylation sites (N-methyl/N-ethyl adjacent to an activating group) is 1. The Bertz CT molecular complexity index is 650. The van der Waals surface area contributed by atoms with Gasteiger partial charge in [0.2, 0.25) is 0 Å². The fraction of sp³-hybridized carbons (Fsp3) is 0.389. The molecule has 0 radical (unpaired) electrons.